The van der Waals surface area contributed by atoms with E-state index < -0.39 is 5.82 Å². The Morgan fingerprint density at radius 3 is 2.58 bits per heavy atom. The minimum atomic E-state index is -0.402. The van der Waals surface area contributed by atoms with Gasteiger partial charge in [-0.05, 0) is 35.9 Å². The van der Waals surface area contributed by atoms with Crippen molar-refractivity contribution in [2.75, 3.05) is 18.9 Å². The zero-order chi connectivity index (χ0) is 17.4. The number of rotatable bonds is 5. The highest BCUT2D eigenvalue weighted by Gasteiger charge is 2.05. The average Bonchev–Trinajstić information content (AvgIpc) is 2.56. The Kier molecular flexibility index (Phi) is 6.57. The molecule has 0 atom stereocenters. The molecule has 1 amide bonds. The number of carbonyl (C=O) groups is 1. The number of benzene rings is 2. The fourth-order valence-electron chi connectivity index (χ4n) is 1.94. The molecule has 7 heteroatoms. The lowest BCUT2D eigenvalue weighted by Crippen LogP contribution is -2.41. The highest BCUT2D eigenvalue weighted by molar-refractivity contribution is 6.30. The molecule has 0 heterocycles. The first-order valence-electron chi connectivity index (χ1n) is 7.31. The van der Waals surface area contributed by atoms with Gasteiger partial charge in [0.05, 0.1) is 6.54 Å². The first kappa shape index (κ1) is 17.7. The minimum absolute atomic E-state index is 0.0107. The molecular formula is C17H18ClFN4O. The summed E-state index contributed by atoms with van der Waals surface area (Å²) >= 11 is 5.84. The summed E-state index contributed by atoms with van der Waals surface area (Å²) in [5, 5.41) is 9.26. The van der Waals surface area contributed by atoms with Crippen molar-refractivity contribution in [2.24, 2.45) is 4.99 Å². The predicted molar refractivity (Wildman–Crippen MR) is 94.7 cm³/mol. The molecule has 0 aliphatic heterocycles. The van der Waals surface area contributed by atoms with Gasteiger partial charge in [0, 0.05) is 24.3 Å². The summed E-state index contributed by atoms with van der Waals surface area (Å²) in [5.41, 5.74) is 1.44. The van der Waals surface area contributed by atoms with E-state index in [1.807, 2.05) is 12.1 Å². The van der Waals surface area contributed by atoms with Gasteiger partial charge in [0.1, 0.15) is 5.82 Å². The summed E-state index contributed by atoms with van der Waals surface area (Å²) in [4.78, 5) is 15.9. The number of hydrogen-bond acceptors (Lipinski definition) is 2. The average molecular weight is 349 g/mol. The van der Waals surface area contributed by atoms with E-state index in [1.54, 1.807) is 25.2 Å². The first-order chi connectivity index (χ1) is 11.6. The topological polar surface area (TPSA) is 65.5 Å². The van der Waals surface area contributed by atoms with Crippen LogP contribution in [-0.2, 0) is 11.3 Å². The van der Waals surface area contributed by atoms with Crippen molar-refractivity contribution in [2.45, 2.75) is 6.54 Å². The van der Waals surface area contributed by atoms with Crippen LogP contribution in [0.25, 0.3) is 0 Å². The van der Waals surface area contributed by atoms with Gasteiger partial charge in [-0.1, -0.05) is 29.8 Å². The Morgan fingerprint density at radius 2 is 1.92 bits per heavy atom. The van der Waals surface area contributed by atoms with E-state index in [4.69, 9.17) is 11.6 Å². The summed E-state index contributed by atoms with van der Waals surface area (Å²) < 4.78 is 13.1. The third-order valence-corrected chi connectivity index (χ3v) is 3.37. The molecule has 3 N–H and O–H groups in total. The number of hydrogen-bond donors (Lipinski definition) is 3. The van der Waals surface area contributed by atoms with Crippen LogP contribution in [0.3, 0.4) is 0 Å². The molecule has 0 unspecified atom stereocenters. The molecular weight excluding hydrogens is 331 g/mol. The fourth-order valence-corrected chi connectivity index (χ4v) is 2.07. The van der Waals surface area contributed by atoms with Gasteiger partial charge >= 0.3 is 0 Å². The second-order valence-electron chi connectivity index (χ2n) is 4.96. The third-order valence-electron chi connectivity index (χ3n) is 3.12. The maximum atomic E-state index is 13.1. The van der Waals surface area contributed by atoms with Crippen molar-refractivity contribution in [1.82, 2.24) is 10.6 Å². The van der Waals surface area contributed by atoms with E-state index in [0.717, 1.165) is 5.56 Å². The Hall–Kier alpha value is -2.60. The fraction of sp³-hybridized carbons (Fsp3) is 0.176. The van der Waals surface area contributed by atoms with Gasteiger partial charge in [-0.25, -0.2) is 4.39 Å². The van der Waals surface area contributed by atoms with Crippen LogP contribution in [0, 0.1) is 5.82 Å². The standard InChI is InChI=1S/C17H18ClFN4O/c1-20-17(21-10-12-5-7-13(18)8-6-12)22-11-16(24)23-15-4-2-3-14(19)9-15/h2-9H,10-11H2,1H3,(H,23,24)(H2,20,21,22). The highest BCUT2D eigenvalue weighted by atomic mass is 35.5. The van der Waals surface area contributed by atoms with Crippen molar-refractivity contribution in [1.29, 1.82) is 0 Å². The van der Waals surface area contributed by atoms with E-state index in [1.165, 1.54) is 18.2 Å². The van der Waals surface area contributed by atoms with Gasteiger partial charge in [0.2, 0.25) is 5.91 Å². The minimum Gasteiger partial charge on any atom is -0.352 e. The largest absolute Gasteiger partial charge is 0.352 e. The van der Waals surface area contributed by atoms with E-state index in [-0.39, 0.29) is 12.5 Å². The Morgan fingerprint density at radius 1 is 1.17 bits per heavy atom. The number of anilines is 1. The van der Waals surface area contributed by atoms with E-state index in [2.05, 4.69) is 20.9 Å². The van der Waals surface area contributed by atoms with Gasteiger partial charge < -0.3 is 16.0 Å². The molecule has 0 spiro atoms. The lowest BCUT2D eigenvalue weighted by molar-refractivity contribution is -0.115. The molecule has 2 rings (SSSR count). The van der Waals surface area contributed by atoms with Crippen LogP contribution in [0.4, 0.5) is 10.1 Å². The monoisotopic (exact) mass is 348 g/mol. The maximum Gasteiger partial charge on any atom is 0.243 e. The number of halogens is 2. The first-order valence-corrected chi connectivity index (χ1v) is 7.69. The van der Waals surface area contributed by atoms with E-state index in [0.29, 0.717) is 23.2 Å². The summed E-state index contributed by atoms with van der Waals surface area (Å²) in [6.07, 6.45) is 0. The lowest BCUT2D eigenvalue weighted by Gasteiger charge is -2.12. The van der Waals surface area contributed by atoms with Crippen LogP contribution in [0.5, 0.6) is 0 Å². The zero-order valence-electron chi connectivity index (χ0n) is 13.1. The second kappa shape index (κ2) is 8.88. The Bertz CT molecular complexity index is 719. The highest BCUT2D eigenvalue weighted by Crippen LogP contribution is 2.09. The maximum absolute atomic E-state index is 13.1. The van der Waals surface area contributed by atoms with E-state index >= 15 is 0 Å². The normalized spacial score (nSPS) is 11.0. The molecule has 2 aromatic carbocycles. The van der Waals surface area contributed by atoms with Crippen LogP contribution in [0.15, 0.2) is 53.5 Å². The summed E-state index contributed by atoms with van der Waals surface area (Å²) in [7, 11) is 1.61. The number of nitrogens with zero attached hydrogens (tertiary/aromatic N) is 1. The quantitative estimate of drug-likeness (QED) is 0.575. The van der Waals surface area contributed by atoms with Crippen molar-refractivity contribution >= 4 is 29.2 Å². The van der Waals surface area contributed by atoms with Gasteiger partial charge in [-0.15, -0.1) is 0 Å². The predicted octanol–water partition coefficient (Wildman–Crippen LogP) is 2.78. The lowest BCUT2D eigenvalue weighted by atomic mass is 10.2. The summed E-state index contributed by atoms with van der Waals surface area (Å²) in [5.74, 6) is -0.212. The van der Waals surface area contributed by atoms with Gasteiger partial charge in [-0.3, -0.25) is 9.79 Å². The zero-order valence-corrected chi connectivity index (χ0v) is 13.9. The van der Waals surface area contributed by atoms with Crippen molar-refractivity contribution in [3.8, 4) is 0 Å². The molecule has 2 aromatic rings. The molecule has 0 fully saturated rings. The third kappa shape index (κ3) is 5.89. The molecule has 0 saturated heterocycles. The van der Waals surface area contributed by atoms with Crippen LogP contribution in [0.2, 0.25) is 5.02 Å². The number of amides is 1. The molecule has 0 radical (unpaired) electrons. The van der Waals surface area contributed by atoms with Crippen molar-refractivity contribution < 1.29 is 9.18 Å². The van der Waals surface area contributed by atoms with Crippen LogP contribution < -0.4 is 16.0 Å². The van der Waals surface area contributed by atoms with Crippen LogP contribution in [0.1, 0.15) is 5.56 Å². The number of guanidine groups is 1. The van der Waals surface area contributed by atoms with Gasteiger partial charge in [-0.2, -0.15) is 0 Å². The van der Waals surface area contributed by atoms with Gasteiger partial charge in [0.15, 0.2) is 5.96 Å². The SMILES string of the molecule is CN=C(NCC(=O)Nc1cccc(F)c1)NCc1ccc(Cl)cc1. The summed E-state index contributed by atoms with van der Waals surface area (Å²) in [6, 6.07) is 13.1. The molecule has 0 aliphatic rings. The number of aliphatic imine (C=N–C) groups is 1. The molecule has 5 nitrogen and oxygen atoms in total. The Balaban J connectivity index is 1.78. The number of carbonyl (C=O) groups excluding carboxylic acids is 1. The van der Waals surface area contributed by atoms with Crippen LogP contribution >= 0.6 is 11.6 Å². The molecule has 24 heavy (non-hydrogen) atoms. The molecule has 0 bridgehead atoms. The Labute approximate surface area is 144 Å². The molecule has 126 valence electrons. The van der Waals surface area contributed by atoms with Gasteiger partial charge in [0.25, 0.3) is 0 Å². The van der Waals surface area contributed by atoms with Crippen molar-refractivity contribution in [3.63, 3.8) is 0 Å². The van der Waals surface area contributed by atoms with Crippen LogP contribution in [-0.4, -0.2) is 25.5 Å². The van der Waals surface area contributed by atoms with Crippen molar-refractivity contribution in [3.05, 3.63) is 64.9 Å². The molecule has 0 saturated carbocycles. The smallest absolute Gasteiger partial charge is 0.243 e. The second-order valence-corrected chi connectivity index (χ2v) is 5.40. The molecule has 0 aromatic heterocycles. The number of nitrogens with one attached hydrogen (secondary N) is 3. The summed E-state index contributed by atoms with van der Waals surface area (Å²) in [6.45, 7) is 0.555. The van der Waals surface area contributed by atoms with E-state index in [9.17, 15) is 9.18 Å². The molecule has 0 aliphatic carbocycles.